The lowest BCUT2D eigenvalue weighted by atomic mass is 10.1. The van der Waals surface area contributed by atoms with Gasteiger partial charge in [0.2, 0.25) is 5.91 Å². The summed E-state index contributed by atoms with van der Waals surface area (Å²) in [7, 11) is 3.72. The maximum absolute atomic E-state index is 13.0. The van der Waals surface area contributed by atoms with Crippen molar-refractivity contribution in [3.8, 4) is 5.69 Å². The summed E-state index contributed by atoms with van der Waals surface area (Å²) < 4.78 is 1.43. The van der Waals surface area contributed by atoms with Gasteiger partial charge < -0.3 is 14.7 Å². The topological polar surface area (TPSA) is 87.5 Å². The van der Waals surface area contributed by atoms with Crippen LogP contribution in [-0.4, -0.2) is 93.5 Å². The maximum Gasteiger partial charge on any atom is 0.256 e. The molecule has 1 aromatic heterocycles. The van der Waals surface area contributed by atoms with E-state index in [0.717, 1.165) is 0 Å². The molecule has 1 aromatic carbocycles. The molecular formula is C16H20ClN7O2. The second-order valence-electron chi connectivity index (χ2n) is 6.33. The lowest BCUT2D eigenvalue weighted by Gasteiger charge is -2.35. The fourth-order valence-electron chi connectivity index (χ4n) is 2.85. The second kappa shape index (κ2) is 7.79. The van der Waals surface area contributed by atoms with Crippen LogP contribution < -0.4 is 0 Å². The molecule has 9 nitrogen and oxygen atoms in total. The molecule has 1 saturated heterocycles. The Bertz CT molecular complexity index is 786. The number of hydrogen-bond acceptors (Lipinski definition) is 6. The summed E-state index contributed by atoms with van der Waals surface area (Å²) in [4.78, 5) is 30.5. The summed E-state index contributed by atoms with van der Waals surface area (Å²) in [6.07, 6.45) is 1.43. The molecule has 0 unspecified atom stereocenters. The van der Waals surface area contributed by atoms with Gasteiger partial charge in [0, 0.05) is 31.2 Å². The zero-order chi connectivity index (χ0) is 18.7. The number of likely N-dealkylation sites (N-methyl/N-ethyl adjacent to an activating group) is 1. The molecule has 10 heteroatoms. The Labute approximate surface area is 156 Å². The first-order chi connectivity index (χ1) is 12.5. The highest BCUT2D eigenvalue weighted by Gasteiger charge is 2.27. The monoisotopic (exact) mass is 377 g/mol. The normalized spacial score (nSPS) is 14.8. The Morgan fingerprint density at radius 3 is 2.46 bits per heavy atom. The third-order valence-corrected chi connectivity index (χ3v) is 4.39. The van der Waals surface area contributed by atoms with E-state index in [1.165, 1.54) is 11.0 Å². The number of tetrazole rings is 1. The summed E-state index contributed by atoms with van der Waals surface area (Å²) in [5, 5.41) is 11.5. The Morgan fingerprint density at radius 1 is 1.15 bits per heavy atom. The Balaban J connectivity index is 1.73. The zero-order valence-corrected chi connectivity index (χ0v) is 15.4. The van der Waals surface area contributed by atoms with Crippen molar-refractivity contribution in [2.75, 3.05) is 46.8 Å². The van der Waals surface area contributed by atoms with Gasteiger partial charge >= 0.3 is 0 Å². The maximum atomic E-state index is 13.0. The molecule has 1 fully saturated rings. The molecule has 0 aliphatic carbocycles. The second-order valence-corrected chi connectivity index (χ2v) is 6.76. The van der Waals surface area contributed by atoms with Crippen LogP contribution in [0.2, 0.25) is 5.02 Å². The van der Waals surface area contributed by atoms with E-state index in [4.69, 9.17) is 11.6 Å². The van der Waals surface area contributed by atoms with Crippen molar-refractivity contribution in [1.82, 2.24) is 34.9 Å². The third kappa shape index (κ3) is 4.00. The summed E-state index contributed by atoms with van der Waals surface area (Å²) in [6, 6.07) is 5.01. The number of halogens is 1. The van der Waals surface area contributed by atoms with Crippen LogP contribution in [0.4, 0.5) is 0 Å². The van der Waals surface area contributed by atoms with Gasteiger partial charge in [0.25, 0.3) is 5.91 Å². The van der Waals surface area contributed by atoms with Gasteiger partial charge in [-0.3, -0.25) is 9.59 Å². The van der Waals surface area contributed by atoms with Crippen LogP contribution in [0.3, 0.4) is 0 Å². The Hall–Kier alpha value is -2.52. The zero-order valence-electron chi connectivity index (χ0n) is 14.7. The van der Waals surface area contributed by atoms with E-state index in [-0.39, 0.29) is 11.8 Å². The minimum atomic E-state index is -0.155. The molecule has 1 aliphatic heterocycles. The minimum Gasteiger partial charge on any atom is -0.338 e. The van der Waals surface area contributed by atoms with Gasteiger partial charge in [-0.1, -0.05) is 11.6 Å². The number of nitrogens with zero attached hydrogens (tertiary/aromatic N) is 7. The summed E-state index contributed by atoms with van der Waals surface area (Å²) in [5.41, 5.74) is 0.994. The molecule has 0 radical (unpaired) electrons. The number of carbonyl (C=O) groups is 2. The average Bonchev–Trinajstić information content (AvgIpc) is 3.15. The third-order valence-electron chi connectivity index (χ3n) is 4.16. The van der Waals surface area contributed by atoms with Crippen molar-refractivity contribution in [3.63, 3.8) is 0 Å². The highest BCUT2D eigenvalue weighted by Crippen LogP contribution is 2.21. The van der Waals surface area contributed by atoms with Crippen molar-refractivity contribution >= 4 is 23.4 Å². The van der Waals surface area contributed by atoms with Crippen molar-refractivity contribution in [2.24, 2.45) is 0 Å². The molecule has 3 rings (SSSR count). The first-order valence-corrected chi connectivity index (χ1v) is 8.58. The molecule has 138 valence electrons. The molecule has 2 aromatic rings. The number of amides is 2. The SMILES string of the molecule is CN(C)CC(=O)N1CCN(C(=O)c2cc(Cl)ccc2-n2cnnn2)CC1. The van der Waals surface area contributed by atoms with Crippen LogP contribution in [-0.2, 0) is 4.79 Å². The van der Waals surface area contributed by atoms with E-state index in [9.17, 15) is 9.59 Å². The van der Waals surface area contributed by atoms with Crippen LogP contribution in [0.1, 0.15) is 10.4 Å². The fraction of sp³-hybridized carbons (Fsp3) is 0.438. The number of rotatable bonds is 4. The van der Waals surface area contributed by atoms with Gasteiger partial charge in [0.05, 0.1) is 17.8 Å². The van der Waals surface area contributed by atoms with Gasteiger partial charge in [0.15, 0.2) is 0 Å². The lowest BCUT2D eigenvalue weighted by Crippen LogP contribution is -2.52. The molecule has 0 bridgehead atoms. The summed E-state index contributed by atoms with van der Waals surface area (Å²) in [5.74, 6) is -0.0862. The smallest absolute Gasteiger partial charge is 0.256 e. The number of hydrogen-bond donors (Lipinski definition) is 0. The molecule has 1 aliphatic rings. The molecule has 2 amide bonds. The highest BCUT2D eigenvalue weighted by molar-refractivity contribution is 6.31. The summed E-state index contributed by atoms with van der Waals surface area (Å²) >= 11 is 6.09. The number of carbonyl (C=O) groups excluding carboxylic acids is 2. The molecule has 0 saturated carbocycles. The molecular weight excluding hydrogens is 358 g/mol. The predicted molar refractivity (Wildman–Crippen MR) is 95.2 cm³/mol. The first-order valence-electron chi connectivity index (χ1n) is 8.20. The Morgan fingerprint density at radius 2 is 1.85 bits per heavy atom. The lowest BCUT2D eigenvalue weighted by molar-refractivity contribution is -0.133. The summed E-state index contributed by atoms with van der Waals surface area (Å²) in [6.45, 7) is 2.34. The van der Waals surface area contributed by atoms with E-state index < -0.39 is 0 Å². The van der Waals surface area contributed by atoms with Gasteiger partial charge in [-0.15, -0.1) is 5.10 Å². The van der Waals surface area contributed by atoms with Crippen LogP contribution in [0.15, 0.2) is 24.5 Å². The van der Waals surface area contributed by atoms with Crippen molar-refractivity contribution in [2.45, 2.75) is 0 Å². The molecule has 0 spiro atoms. The Kier molecular flexibility index (Phi) is 5.48. The van der Waals surface area contributed by atoms with Crippen LogP contribution in [0, 0.1) is 0 Å². The van der Waals surface area contributed by atoms with Crippen molar-refractivity contribution in [1.29, 1.82) is 0 Å². The first kappa shape index (κ1) is 18.3. The van der Waals surface area contributed by atoms with E-state index in [2.05, 4.69) is 15.5 Å². The molecule has 2 heterocycles. The largest absolute Gasteiger partial charge is 0.338 e. The van der Waals surface area contributed by atoms with Gasteiger partial charge in [-0.05, 0) is 42.7 Å². The van der Waals surface area contributed by atoms with Gasteiger partial charge in [0.1, 0.15) is 6.33 Å². The number of piperazine rings is 1. The number of benzene rings is 1. The van der Waals surface area contributed by atoms with Gasteiger partial charge in [-0.2, -0.15) is 4.68 Å². The highest BCUT2D eigenvalue weighted by atomic mass is 35.5. The standard InChI is InChI=1S/C16H20ClN7O2/c1-21(2)10-15(25)22-5-7-23(8-6-22)16(26)13-9-12(17)3-4-14(13)24-11-18-19-20-24/h3-4,9,11H,5-8,10H2,1-2H3. The fourth-order valence-corrected chi connectivity index (χ4v) is 3.02. The predicted octanol–water partition coefficient (Wildman–Crippen LogP) is 0.162. The van der Waals surface area contributed by atoms with E-state index in [0.29, 0.717) is 49.0 Å². The quantitative estimate of drug-likeness (QED) is 0.754. The molecule has 0 atom stereocenters. The average molecular weight is 378 g/mol. The van der Waals surface area contributed by atoms with Crippen LogP contribution in [0.5, 0.6) is 0 Å². The minimum absolute atomic E-state index is 0.0687. The van der Waals surface area contributed by atoms with Gasteiger partial charge in [-0.25, -0.2) is 0 Å². The van der Waals surface area contributed by atoms with Crippen molar-refractivity contribution < 1.29 is 9.59 Å². The van der Waals surface area contributed by atoms with Crippen molar-refractivity contribution in [3.05, 3.63) is 35.1 Å². The van der Waals surface area contributed by atoms with E-state index in [1.807, 2.05) is 19.0 Å². The van der Waals surface area contributed by atoms with Crippen LogP contribution in [0.25, 0.3) is 5.69 Å². The number of aromatic nitrogens is 4. The molecule has 26 heavy (non-hydrogen) atoms. The van der Waals surface area contributed by atoms with Crippen LogP contribution >= 0.6 is 11.6 Å². The molecule has 0 N–H and O–H groups in total. The van der Waals surface area contributed by atoms with E-state index >= 15 is 0 Å². The van der Waals surface area contributed by atoms with E-state index in [1.54, 1.807) is 28.0 Å².